The SMILES string of the molecule is CCOc1ccc(C(=O)N(C)CC(OC)OC)cc1OCC. The highest BCUT2D eigenvalue weighted by Gasteiger charge is 2.18. The van der Waals surface area contributed by atoms with Crippen LogP contribution in [0, 0.1) is 0 Å². The molecule has 1 rings (SSSR count). The average Bonchev–Trinajstić information content (AvgIpc) is 2.53. The van der Waals surface area contributed by atoms with E-state index in [-0.39, 0.29) is 5.91 Å². The molecule has 6 heteroatoms. The summed E-state index contributed by atoms with van der Waals surface area (Å²) in [5, 5.41) is 0. The van der Waals surface area contributed by atoms with Crippen LogP contribution in [0.15, 0.2) is 18.2 Å². The predicted octanol–water partition coefficient (Wildman–Crippen LogP) is 2.17. The fourth-order valence-electron chi connectivity index (χ4n) is 1.96. The Morgan fingerprint density at radius 1 is 1.09 bits per heavy atom. The summed E-state index contributed by atoms with van der Waals surface area (Å²) in [5.41, 5.74) is 0.528. The van der Waals surface area contributed by atoms with Crippen LogP contribution in [-0.2, 0) is 9.47 Å². The van der Waals surface area contributed by atoms with Crippen molar-refractivity contribution in [3.05, 3.63) is 23.8 Å². The van der Waals surface area contributed by atoms with Crippen molar-refractivity contribution in [3.8, 4) is 11.5 Å². The third-order valence-corrected chi connectivity index (χ3v) is 3.09. The molecule has 0 aliphatic heterocycles. The third kappa shape index (κ3) is 4.89. The summed E-state index contributed by atoms with van der Waals surface area (Å²) in [4.78, 5) is 14.0. The maximum Gasteiger partial charge on any atom is 0.253 e. The van der Waals surface area contributed by atoms with Gasteiger partial charge < -0.3 is 23.8 Å². The molecular weight excluding hydrogens is 286 g/mol. The molecule has 0 aliphatic rings. The van der Waals surface area contributed by atoms with Crippen LogP contribution < -0.4 is 9.47 Å². The molecule has 1 amide bonds. The molecule has 1 aromatic carbocycles. The Kier molecular flexibility index (Phi) is 7.70. The summed E-state index contributed by atoms with van der Waals surface area (Å²) in [6.45, 7) is 5.17. The Hall–Kier alpha value is -1.79. The number of amides is 1. The van der Waals surface area contributed by atoms with Crippen molar-refractivity contribution in [2.45, 2.75) is 20.1 Å². The lowest BCUT2D eigenvalue weighted by molar-refractivity contribution is -0.110. The van der Waals surface area contributed by atoms with Gasteiger partial charge in [-0.1, -0.05) is 0 Å². The van der Waals surface area contributed by atoms with Gasteiger partial charge in [0.2, 0.25) is 0 Å². The first kappa shape index (κ1) is 18.3. The number of carbonyl (C=O) groups excluding carboxylic acids is 1. The van der Waals surface area contributed by atoms with Crippen LogP contribution >= 0.6 is 0 Å². The molecule has 0 saturated heterocycles. The Morgan fingerprint density at radius 3 is 2.23 bits per heavy atom. The smallest absolute Gasteiger partial charge is 0.253 e. The van der Waals surface area contributed by atoms with Gasteiger partial charge in [0.15, 0.2) is 17.8 Å². The quantitative estimate of drug-likeness (QED) is 0.654. The lowest BCUT2D eigenvalue weighted by Gasteiger charge is -2.22. The standard InChI is InChI=1S/C16H25NO5/c1-6-21-13-9-8-12(10-14(13)22-7-2)16(18)17(3)11-15(19-4)20-5/h8-10,15H,6-7,11H2,1-5H3. The maximum atomic E-state index is 12.5. The molecule has 0 aromatic heterocycles. The normalized spacial score (nSPS) is 10.6. The monoisotopic (exact) mass is 311 g/mol. The lowest BCUT2D eigenvalue weighted by Crippen LogP contribution is -2.36. The van der Waals surface area contributed by atoms with Crippen LogP contribution in [0.3, 0.4) is 0 Å². The van der Waals surface area contributed by atoms with E-state index < -0.39 is 6.29 Å². The largest absolute Gasteiger partial charge is 0.490 e. The van der Waals surface area contributed by atoms with Crippen molar-refractivity contribution in [2.24, 2.45) is 0 Å². The van der Waals surface area contributed by atoms with Gasteiger partial charge >= 0.3 is 0 Å². The second-order valence-corrected chi connectivity index (χ2v) is 4.61. The van der Waals surface area contributed by atoms with E-state index in [2.05, 4.69) is 0 Å². The second kappa shape index (κ2) is 9.27. The molecule has 0 N–H and O–H groups in total. The van der Waals surface area contributed by atoms with Crippen LogP contribution in [0.25, 0.3) is 0 Å². The Labute approximate surface area is 131 Å². The molecule has 0 saturated carbocycles. The Bertz CT molecular complexity index is 474. The summed E-state index contributed by atoms with van der Waals surface area (Å²) in [6, 6.07) is 5.17. The number of nitrogens with zero attached hydrogens (tertiary/aromatic N) is 1. The predicted molar refractivity (Wildman–Crippen MR) is 83.5 cm³/mol. The van der Waals surface area contributed by atoms with Gasteiger partial charge in [-0.25, -0.2) is 0 Å². The zero-order chi connectivity index (χ0) is 16.5. The number of hydrogen-bond donors (Lipinski definition) is 0. The molecule has 6 nitrogen and oxygen atoms in total. The molecular formula is C16H25NO5. The molecule has 0 bridgehead atoms. The van der Waals surface area contributed by atoms with Crippen LogP contribution in [0.1, 0.15) is 24.2 Å². The minimum absolute atomic E-state index is 0.136. The van der Waals surface area contributed by atoms with Crippen LogP contribution in [-0.4, -0.2) is 58.1 Å². The van der Waals surface area contributed by atoms with Crippen molar-refractivity contribution in [1.82, 2.24) is 4.90 Å². The van der Waals surface area contributed by atoms with E-state index >= 15 is 0 Å². The first-order chi connectivity index (χ1) is 10.6. The van der Waals surface area contributed by atoms with Gasteiger partial charge in [-0.2, -0.15) is 0 Å². The number of ether oxygens (including phenoxy) is 4. The van der Waals surface area contributed by atoms with E-state index in [4.69, 9.17) is 18.9 Å². The minimum atomic E-state index is -0.456. The molecule has 22 heavy (non-hydrogen) atoms. The van der Waals surface area contributed by atoms with Crippen molar-refractivity contribution in [3.63, 3.8) is 0 Å². The van der Waals surface area contributed by atoms with Gasteiger partial charge in [0.1, 0.15) is 0 Å². The average molecular weight is 311 g/mol. The molecule has 0 radical (unpaired) electrons. The highest BCUT2D eigenvalue weighted by atomic mass is 16.7. The fraction of sp³-hybridized carbons (Fsp3) is 0.562. The van der Waals surface area contributed by atoms with Gasteiger partial charge in [-0.3, -0.25) is 4.79 Å². The topological polar surface area (TPSA) is 57.2 Å². The van der Waals surface area contributed by atoms with Crippen molar-refractivity contribution >= 4 is 5.91 Å². The van der Waals surface area contributed by atoms with E-state index in [1.165, 1.54) is 14.2 Å². The summed E-state index contributed by atoms with van der Waals surface area (Å²) >= 11 is 0. The summed E-state index contributed by atoms with van der Waals surface area (Å²) < 4.78 is 21.3. The fourth-order valence-corrected chi connectivity index (χ4v) is 1.96. The van der Waals surface area contributed by atoms with Crippen molar-refractivity contribution in [2.75, 3.05) is 41.0 Å². The van der Waals surface area contributed by atoms with E-state index in [1.807, 2.05) is 13.8 Å². The molecule has 0 atom stereocenters. The van der Waals surface area contributed by atoms with Crippen molar-refractivity contribution < 1.29 is 23.7 Å². The molecule has 0 aliphatic carbocycles. The zero-order valence-corrected chi connectivity index (χ0v) is 13.9. The first-order valence-electron chi connectivity index (χ1n) is 7.28. The Balaban J connectivity index is 2.90. The molecule has 0 unspecified atom stereocenters. The summed E-state index contributed by atoms with van der Waals surface area (Å²) in [7, 11) is 4.78. The van der Waals surface area contributed by atoms with Crippen LogP contribution in [0.4, 0.5) is 0 Å². The van der Waals surface area contributed by atoms with Gasteiger partial charge in [0, 0.05) is 26.8 Å². The highest BCUT2D eigenvalue weighted by molar-refractivity contribution is 5.94. The zero-order valence-electron chi connectivity index (χ0n) is 13.9. The maximum absolute atomic E-state index is 12.5. The third-order valence-electron chi connectivity index (χ3n) is 3.09. The molecule has 0 fully saturated rings. The number of benzene rings is 1. The number of hydrogen-bond acceptors (Lipinski definition) is 5. The van der Waals surface area contributed by atoms with Gasteiger partial charge in [-0.15, -0.1) is 0 Å². The first-order valence-corrected chi connectivity index (χ1v) is 7.28. The number of rotatable bonds is 9. The molecule has 0 heterocycles. The Morgan fingerprint density at radius 2 is 1.68 bits per heavy atom. The summed E-state index contributed by atoms with van der Waals surface area (Å²) in [6.07, 6.45) is -0.456. The second-order valence-electron chi connectivity index (χ2n) is 4.61. The van der Waals surface area contributed by atoms with E-state index in [0.29, 0.717) is 36.8 Å². The molecule has 124 valence electrons. The van der Waals surface area contributed by atoms with Gasteiger partial charge in [0.25, 0.3) is 5.91 Å². The minimum Gasteiger partial charge on any atom is -0.490 e. The van der Waals surface area contributed by atoms with Gasteiger partial charge in [-0.05, 0) is 32.0 Å². The van der Waals surface area contributed by atoms with Crippen molar-refractivity contribution in [1.29, 1.82) is 0 Å². The van der Waals surface area contributed by atoms with E-state index in [0.717, 1.165) is 0 Å². The highest BCUT2D eigenvalue weighted by Crippen LogP contribution is 2.29. The van der Waals surface area contributed by atoms with E-state index in [1.54, 1.807) is 30.1 Å². The van der Waals surface area contributed by atoms with Gasteiger partial charge in [0.05, 0.1) is 19.8 Å². The number of likely N-dealkylation sites (N-methyl/N-ethyl adjacent to an activating group) is 1. The number of carbonyl (C=O) groups is 1. The summed E-state index contributed by atoms with van der Waals surface area (Å²) in [5.74, 6) is 1.07. The number of methoxy groups -OCH3 is 2. The van der Waals surface area contributed by atoms with Crippen LogP contribution in [0.2, 0.25) is 0 Å². The van der Waals surface area contributed by atoms with Crippen LogP contribution in [0.5, 0.6) is 11.5 Å². The molecule has 0 spiro atoms. The lowest BCUT2D eigenvalue weighted by atomic mass is 10.1. The molecule has 1 aromatic rings. The van der Waals surface area contributed by atoms with E-state index in [9.17, 15) is 4.79 Å².